The molecule has 0 saturated heterocycles. The average molecular weight is 291 g/mol. The lowest BCUT2D eigenvalue weighted by Crippen LogP contribution is -1.88. The second kappa shape index (κ2) is 5.93. The molecule has 2 aromatic carbocycles. The van der Waals surface area contributed by atoms with E-state index in [0.717, 1.165) is 39.0 Å². The second-order valence-electron chi connectivity index (χ2n) is 5.21. The highest BCUT2D eigenvalue weighted by molar-refractivity contribution is 5.91. The van der Waals surface area contributed by atoms with Crippen LogP contribution in [0.3, 0.4) is 0 Å². The van der Waals surface area contributed by atoms with Crippen molar-refractivity contribution in [3.05, 3.63) is 59.9 Å². The molecule has 22 heavy (non-hydrogen) atoms. The maximum absolute atomic E-state index is 5.44. The fraction of sp³-hybridized carbons (Fsp3) is 0.167. The monoisotopic (exact) mass is 291 g/mol. The van der Waals surface area contributed by atoms with E-state index in [2.05, 4.69) is 21.3 Å². The second-order valence-corrected chi connectivity index (χ2v) is 5.21. The van der Waals surface area contributed by atoms with E-state index in [0.29, 0.717) is 0 Å². The fourth-order valence-corrected chi connectivity index (χ4v) is 2.56. The highest BCUT2D eigenvalue weighted by atomic mass is 16.5. The third-order valence-electron chi connectivity index (χ3n) is 3.53. The van der Waals surface area contributed by atoms with Crippen molar-refractivity contribution in [2.45, 2.75) is 13.8 Å². The fourth-order valence-electron chi connectivity index (χ4n) is 2.56. The highest BCUT2D eigenvalue weighted by Gasteiger charge is 2.07. The predicted molar refractivity (Wildman–Crippen MR) is 88.4 cm³/mol. The number of rotatable bonds is 3. The highest BCUT2D eigenvalue weighted by Crippen LogP contribution is 2.34. The minimum absolute atomic E-state index is 0.737. The molecular formula is C18H17N3O. The number of aromatic nitrogens is 1. The first-order valence-corrected chi connectivity index (χ1v) is 7.09. The van der Waals surface area contributed by atoms with Gasteiger partial charge in [0, 0.05) is 17.8 Å². The minimum atomic E-state index is 0.737. The zero-order valence-electron chi connectivity index (χ0n) is 12.9. The van der Waals surface area contributed by atoms with Gasteiger partial charge in [-0.2, -0.15) is 0 Å². The molecule has 0 spiro atoms. The Kier molecular flexibility index (Phi) is 3.83. The van der Waals surface area contributed by atoms with E-state index in [4.69, 9.17) is 4.74 Å². The van der Waals surface area contributed by atoms with Crippen molar-refractivity contribution >= 4 is 22.1 Å². The molecule has 0 aliphatic carbocycles. The van der Waals surface area contributed by atoms with Gasteiger partial charge in [-0.25, -0.2) is 0 Å². The number of aryl methyl sites for hydroxylation is 2. The molecule has 0 aliphatic heterocycles. The van der Waals surface area contributed by atoms with Crippen LogP contribution in [0.4, 0.5) is 11.4 Å². The van der Waals surface area contributed by atoms with Crippen LogP contribution >= 0.6 is 0 Å². The van der Waals surface area contributed by atoms with Crippen molar-refractivity contribution in [3.63, 3.8) is 0 Å². The third kappa shape index (κ3) is 2.68. The Morgan fingerprint density at radius 1 is 1.00 bits per heavy atom. The Morgan fingerprint density at radius 2 is 1.82 bits per heavy atom. The molecule has 1 heterocycles. The summed E-state index contributed by atoms with van der Waals surface area (Å²) in [6.45, 7) is 4.04. The number of benzene rings is 2. The van der Waals surface area contributed by atoms with Gasteiger partial charge in [0.2, 0.25) is 0 Å². The summed E-state index contributed by atoms with van der Waals surface area (Å²) < 4.78 is 5.44. The number of methoxy groups -OCH3 is 1. The molecule has 4 nitrogen and oxygen atoms in total. The first kappa shape index (κ1) is 14.2. The molecule has 0 amide bonds. The molecule has 0 fully saturated rings. The van der Waals surface area contributed by atoms with E-state index >= 15 is 0 Å². The smallest absolute Gasteiger partial charge is 0.149 e. The first-order valence-electron chi connectivity index (χ1n) is 7.09. The number of hydrogen-bond acceptors (Lipinski definition) is 4. The van der Waals surface area contributed by atoms with Gasteiger partial charge < -0.3 is 4.74 Å². The standard InChI is InChI=1S/C18H17N3O/c1-12-9-13(2)18(22-3)17(10-12)21-20-16-6-4-5-14-7-8-19-11-15(14)16/h4-11H,1-3H3. The maximum Gasteiger partial charge on any atom is 0.149 e. The molecule has 0 atom stereocenters. The Balaban J connectivity index is 2.07. The van der Waals surface area contributed by atoms with Gasteiger partial charge in [-0.3, -0.25) is 4.98 Å². The number of hydrogen-bond donors (Lipinski definition) is 0. The van der Waals surface area contributed by atoms with Crippen LogP contribution in [0.2, 0.25) is 0 Å². The lowest BCUT2D eigenvalue weighted by Gasteiger charge is -2.08. The van der Waals surface area contributed by atoms with Crippen LogP contribution in [-0.4, -0.2) is 12.1 Å². The summed E-state index contributed by atoms with van der Waals surface area (Å²) in [5, 5.41) is 10.9. The van der Waals surface area contributed by atoms with Gasteiger partial charge in [-0.1, -0.05) is 18.2 Å². The Bertz CT molecular complexity index is 851. The quantitative estimate of drug-likeness (QED) is 0.617. The molecule has 0 radical (unpaired) electrons. The molecule has 1 aromatic heterocycles. The van der Waals surface area contributed by atoms with Crippen LogP contribution < -0.4 is 4.74 Å². The molecular weight excluding hydrogens is 274 g/mol. The lowest BCUT2D eigenvalue weighted by atomic mass is 10.1. The molecule has 0 aliphatic rings. The van der Waals surface area contributed by atoms with Crippen molar-refractivity contribution in [2.75, 3.05) is 7.11 Å². The Morgan fingerprint density at radius 3 is 2.64 bits per heavy atom. The molecule has 3 rings (SSSR count). The van der Waals surface area contributed by atoms with E-state index in [9.17, 15) is 0 Å². The van der Waals surface area contributed by atoms with Crippen LogP contribution in [0.1, 0.15) is 11.1 Å². The lowest BCUT2D eigenvalue weighted by molar-refractivity contribution is 0.412. The number of nitrogens with zero attached hydrogens (tertiary/aromatic N) is 3. The van der Waals surface area contributed by atoms with Crippen molar-refractivity contribution < 1.29 is 4.74 Å². The van der Waals surface area contributed by atoms with Crippen LogP contribution in [0.5, 0.6) is 5.75 Å². The van der Waals surface area contributed by atoms with Crippen LogP contribution in [0.25, 0.3) is 10.8 Å². The van der Waals surface area contributed by atoms with Gasteiger partial charge in [0.15, 0.2) is 0 Å². The largest absolute Gasteiger partial charge is 0.494 e. The zero-order chi connectivity index (χ0) is 15.5. The Hall–Kier alpha value is -2.75. The summed E-state index contributed by atoms with van der Waals surface area (Å²) in [4.78, 5) is 4.16. The molecule has 0 unspecified atom stereocenters. The summed E-state index contributed by atoms with van der Waals surface area (Å²) >= 11 is 0. The van der Waals surface area contributed by atoms with Gasteiger partial charge in [0.05, 0.1) is 12.8 Å². The number of azo groups is 1. The molecule has 110 valence electrons. The van der Waals surface area contributed by atoms with Crippen molar-refractivity contribution in [3.8, 4) is 5.75 Å². The van der Waals surface area contributed by atoms with Gasteiger partial charge >= 0.3 is 0 Å². The molecule has 0 saturated carbocycles. The van der Waals surface area contributed by atoms with E-state index in [1.807, 2.05) is 50.4 Å². The predicted octanol–water partition coefficient (Wildman–Crippen LogP) is 5.28. The molecule has 0 bridgehead atoms. The SMILES string of the molecule is COc1c(C)cc(C)cc1N=Nc1cccc2ccncc12. The summed E-state index contributed by atoms with van der Waals surface area (Å²) in [6, 6.07) is 11.9. The average Bonchev–Trinajstić information content (AvgIpc) is 2.52. The van der Waals surface area contributed by atoms with Crippen LogP contribution in [-0.2, 0) is 0 Å². The zero-order valence-corrected chi connectivity index (χ0v) is 12.9. The van der Waals surface area contributed by atoms with Gasteiger partial charge in [0.25, 0.3) is 0 Å². The van der Waals surface area contributed by atoms with E-state index in [1.165, 1.54) is 0 Å². The molecule has 0 N–H and O–H groups in total. The van der Waals surface area contributed by atoms with E-state index in [1.54, 1.807) is 13.3 Å². The number of pyridine rings is 1. The summed E-state index contributed by atoms with van der Waals surface area (Å²) in [5.41, 5.74) is 3.72. The van der Waals surface area contributed by atoms with Crippen molar-refractivity contribution in [1.82, 2.24) is 4.98 Å². The minimum Gasteiger partial charge on any atom is -0.494 e. The van der Waals surface area contributed by atoms with Crippen LogP contribution in [0.15, 0.2) is 59.0 Å². The molecule has 4 heteroatoms. The Labute approximate surface area is 129 Å². The number of fused-ring (bicyclic) bond motifs is 1. The molecule has 3 aromatic rings. The van der Waals surface area contributed by atoms with Crippen molar-refractivity contribution in [2.24, 2.45) is 10.2 Å². The van der Waals surface area contributed by atoms with E-state index in [-0.39, 0.29) is 0 Å². The van der Waals surface area contributed by atoms with E-state index < -0.39 is 0 Å². The normalized spacial score (nSPS) is 11.2. The van der Waals surface area contributed by atoms with Gasteiger partial charge in [-0.15, -0.1) is 10.2 Å². The van der Waals surface area contributed by atoms with Crippen LogP contribution in [0, 0.1) is 13.8 Å². The van der Waals surface area contributed by atoms with Crippen molar-refractivity contribution in [1.29, 1.82) is 0 Å². The summed E-state index contributed by atoms with van der Waals surface area (Å²) in [6.07, 6.45) is 3.58. The maximum atomic E-state index is 5.44. The third-order valence-corrected chi connectivity index (χ3v) is 3.53. The first-order chi connectivity index (χ1) is 10.7. The summed E-state index contributed by atoms with van der Waals surface area (Å²) in [5.74, 6) is 0.757. The van der Waals surface area contributed by atoms with Gasteiger partial charge in [0.1, 0.15) is 11.4 Å². The summed E-state index contributed by atoms with van der Waals surface area (Å²) in [7, 11) is 1.65. The number of ether oxygens (including phenoxy) is 1. The van der Waals surface area contributed by atoms with Gasteiger partial charge in [-0.05, 0) is 48.6 Å². The topological polar surface area (TPSA) is 46.8 Å².